The van der Waals surface area contributed by atoms with E-state index < -0.39 is 24.7 Å². The quantitative estimate of drug-likeness (QED) is 0.150. The molecule has 0 saturated carbocycles. The number of carbonyl (C=O) groups is 3. The van der Waals surface area contributed by atoms with E-state index in [9.17, 15) is 14.4 Å². The predicted octanol–water partition coefficient (Wildman–Crippen LogP) is 5.80. The van der Waals surface area contributed by atoms with Crippen LogP contribution in [0.4, 0.5) is 9.59 Å². The molecule has 0 radical (unpaired) electrons. The normalized spacial score (nSPS) is 10.3. The zero-order valence-corrected chi connectivity index (χ0v) is 18.2. The molecule has 30 heavy (non-hydrogen) atoms. The molecule has 7 nitrogen and oxygen atoms in total. The van der Waals surface area contributed by atoms with Gasteiger partial charge in [0.1, 0.15) is 6.54 Å². The predicted molar refractivity (Wildman–Crippen MR) is 120 cm³/mol. The van der Waals surface area contributed by atoms with Gasteiger partial charge in [0, 0.05) is 0 Å². The van der Waals surface area contributed by atoms with Crippen molar-refractivity contribution < 1.29 is 29.3 Å². The fraction of sp³-hybridized carbons (Fsp3) is 0.864. The van der Waals surface area contributed by atoms with Crippen LogP contribution in [0.25, 0.3) is 0 Å². The molecule has 0 fully saturated rings. The van der Waals surface area contributed by atoms with E-state index in [4.69, 9.17) is 14.9 Å². The second kappa shape index (κ2) is 22.9. The number of amides is 2. The molecule has 172 valence electrons. The van der Waals surface area contributed by atoms with Gasteiger partial charge in [0.05, 0.1) is 6.61 Å². The van der Waals surface area contributed by atoms with Gasteiger partial charge in [-0.15, -0.1) is 0 Å². The number of esters is 1. The SMILES string of the molecule is CCCCCCCCCCCCCCCCCCOC(=O)CN(C(=O)O)C(=O)O.[NaH]. The average Bonchev–Trinajstić information content (AvgIpc) is 2.68. The van der Waals surface area contributed by atoms with Gasteiger partial charge in [0.2, 0.25) is 0 Å². The molecule has 0 aliphatic rings. The fourth-order valence-electron chi connectivity index (χ4n) is 3.23. The first kappa shape index (κ1) is 31.4. The van der Waals surface area contributed by atoms with E-state index in [1.54, 1.807) is 0 Å². The van der Waals surface area contributed by atoms with Gasteiger partial charge in [-0.3, -0.25) is 4.79 Å². The molecule has 2 N–H and O–H groups in total. The van der Waals surface area contributed by atoms with Gasteiger partial charge >= 0.3 is 47.7 Å². The van der Waals surface area contributed by atoms with Crippen LogP contribution in [-0.4, -0.2) is 76.0 Å². The molecule has 0 saturated heterocycles. The summed E-state index contributed by atoms with van der Waals surface area (Å²) in [7, 11) is 0. The second-order valence-corrected chi connectivity index (χ2v) is 7.68. The third-order valence-corrected chi connectivity index (χ3v) is 5.01. The van der Waals surface area contributed by atoms with E-state index in [0.717, 1.165) is 12.8 Å². The summed E-state index contributed by atoms with van der Waals surface area (Å²) in [6, 6.07) is 0. The molecular weight excluding hydrogens is 397 g/mol. The first-order valence-electron chi connectivity index (χ1n) is 11.4. The number of nitrogens with zero attached hydrogens (tertiary/aromatic N) is 1. The molecule has 0 aliphatic carbocycles. The Morgan fingerprint density at radius 2 is 0.967 bits per heavy atom. The van der Waals surface area contributed by atoms with Crippen LogP contribution in [0.3, 0.4) is 0 Å². The van der Waals surface area contributed by atoms with Crippen LogP contribution < -0.4 is 0 Å². The van der Waals surface area contributed by atoms with Gasteiger partial charge in [0.25, 0.3) is 0 Å². The zero-order valence-electron chi connectivity index (χ0n) is 18.2. The molecule has 0 spiro atoms. The van der Waals surface area contributed by atoms with Crippen molar-refractivity contribution in [2.75, 3.05) is 13.2 Å². The van der Waals surface area contributed by atoms with Crippen molar-refractivity contribution in [2.45, 2.75) is 110 Å². The molecule has 0 aliphatic heterocycles. The van der Waals surface area contributed by atoms with E-state index in [0.29, 0.717) is 6.42 Å². The number of hydrogen-bond donors (Lipinski definition) is 2. The first-order valence-corrected chi connectivity index (χ1v) is 11.4. The molecule has 2 amide bonds. The second-order valence-electron chi connectivity index (χ2n) is 7.68. The first-order chi connectivity index (χ1) is 14.0. The molecule has 0 heterocycles. The van der Waals surface area contributed by atoms with Crippen molar-refractivity contribution in [3.8, 4) is 0 Å². The fourth-order valence-corrected chi connectivity index (χ4v) is 3.23. The minimum absolute atomic E-state index is 0. The molecule has 0 rings (SSSR count). The number of ether oxygens (including phenoxy) is 1. The van der Waals surface area contributed by atoms with Crippen molar-refractivity contribution in [1.82, 2.24) is 4.90 Å². The average molecular weight is 440 g/mol. The Bertz CT molecular complexity index is 433. The summed E-state index contributed by atoms with van der Waals surface area (Å²) in [4.78, 5) is 32.7. The van der Waals surface area contributed by atoms with Crippen molar-refractivity contribution in [2.24, 2.45) is 0 Å². The zero-order chi connectivity index (χ0) is 21.7. The van der Waals surface area contributed by atoms with Gasteiger partial charge in [-0.2, -0.15) is 0 Å². The Morgan fingerprint density at radius 1 is 0.633 bits per heavy atom. The van der Waals surface area contributed by atoms with Crippen LogP contribution >= 0.6 is 0 Å². The van der Waals surface area contributed by atoms with E-state index in [2.05, 4.69) is 6.92 Å². The Hall–Kier alpha value is -0.790. The van der Waals surface area contributed by atoms with Crippen LogP contribution in [0.2, 0.25) is 0 Å². The van der Waals surface area contributed by atoms with Crippen LogP contribution in [0.5, 0.6) is 0 Å². The Kier molecular flexibility index (Phi) is 24.0. The minimum atomic E-state index is -1.68. The third kappa shape index (κ3) is 20.5. The summed E-state index contributed by atoms with van der Waals surface area (Å²) < 4.78 is 4.88. The molecule has 0 bridgehead atoms. The maximum absolute atomic E-state index is 11.4. The van der Waals surface area contributed by atoms with Gasteiger partial charge in [-0.05, 0) is 6.42 Å². The Morgan fingerprint density at radius 3 is 1.30 bits per heavy atom. The van der Waals surface area contributed by atoms with Crippen molar-refractivity contribution >= 4 is 47.7 Å². The van der Waals surface area contributed by atoms with Crippen LogP contribution in [0, 0.1) is 0 Å². The number of imide groups is 1. The van der Waals surface area contributed by atoms with Crippen molar-refractivity contribution in [3.05, 3.63) is 0 Å². The summed E-state index contributed by atoms with van der Waals surface area (Å²) >= 11 is 0. The van der Waals surface area contributed by atoms with E-state index in [1.165, 1.54) is 83.5 Å². The summed E-state index contributed by atoms with van der Waals surface area (Å²) in [5, 5.41) is 17.3. The summed E-state index contributed by atoms with van der Waals surface area (Å²) in [6.07, 6.45) is 16.8. The number of rotatable bonds is 19. The maximum atomic E-state index is 11.4. The number of carboxylic acid groups (broad SMARTS) is 2. The van der Waals surface area contributed by atoms with Crippen LogP contribution in [-0.2, 0) is 9.53 Å². The van der Waals surface area contributed by atoms with E-state index in [1.807, 2.05) is 0 Å². The van der Waals surface area contributed by atoms with Crippen molar-refractivity contribution in [3.63, 3.8) is 0 Å². The van der Waals surface area contributed by atoms with E-state index >= 15 is 0 Å². The standard InChI is InChI=1S/C22H41NO6.Na.H/c1-2-3-4-5-6-7-8-9-10-11-12-13-14-15-16-17-18-29-20(24)19-23(21(25)26)22(27)28;;/h2-19H2,1H3,(H,25,26)(H,27,28);;. The summed E-state index contributed by atoms with van der Waals surface area (Å²) in [6.45, 7) is 1.66. The summed E-state index contributed by atoms with van der Waals surface area (Å²) in [5.74, 6) is -0.837. The Balaban J connectivity index is 0. The monoisotopic (exact) mass is 439 g/mol. The van der Waals surface area contributed by atoms with E-state index in [-0.39, 0.29) is 41.1 Å². The third-order valence-electron chi connectivity index (χ3n) is 5.01. The van der Waals surface area contributed by atoms with Crippen LogP contribution in [0.1, 0.15) is 110 Å². The summed E-state index contributed by atoms with van der Waals surface area (Å²) in [5.41, 5.74) is 0. The topological polar surface area (TPSA) is 104 Å². The van der Waals surface area contributed by atoms with Gasteiger partial charge in [-0.25, -0.2) is 14.5 Å². The Labute approximate surface area is 204 Å². The van der Waals surface area contributed by atoms with Gasteiger partial charge < -0.3 is 14.9 Å². The van der Waals surface area contributed by atoms with Gasteiger partial charge in [0.15, 0.2) is 0 Å². The number of carbonyl (C=O) groups excluding carboxylic acids is 1. The number of unbranched alkanes of at least 4 members (excludes halogenated alkanes) is 15. The molecular formula is C22H42NNaO6. The molecule has 0 aromatic heterocycles. The molecule has 0 atom stereocenters. The molecule has 0 aromatic carbocycles. The van der Waals surface area contributed by atoms with Crippen LogP contribution in [0.15, 0.2) is 0 Å². The number of hydrogen-bond acceptors (Lipinski definition) is 4. The molecule has 0 unspecified atom stereocenters. The molecule has 8 heteroatoms. The van der Waals surface area contributed by atoms with Gasteiger partial charge in [-0.1, -0.05) is 103 Å². The molecule has 0 aromatic rings. The van der Waals surface area contributed by atoms with Crippen molar-refractivity contribution in [1.29, 1.82) is 0 Å².